The van der Waals surface area contributed by atoms with E-state index in [4.69, 9.17) is 4.74 Å². The van der Waals surface area contributed by atoms with Gasteiger partial charge in [-0.2, -0.15) is 13.1 Å². The molecule has 0 atom stereocenters. The average Bonchev–Trinajstić information content (AvgIpc) is 2.90. The van der Waals surface area contributed by atoms with Gasteiger partial charge >= 0.3 is 10.2 Å². The number of rotatable bonds is 3. The Morgan fingerprint density at radius 1 is 1.21 bits per heavy atom. The summed E-state index contributed by atoms with van der Waals surface area (Å²) < 4.78 is 34.6. The minimum Gasteiger partial charge on any atom is -0.489 e. The van der Waals surface area contributed by atoms with Gasteiger partial charge in [-0.25, -0.2) is 0 Å². The summed E-state index contributed by atoms with van der Waals surface area (Å²) in [5.74, 6) is 0.630. The van der Waals surface area contributed by atoms with Crippen LogP contribution in [-0.2, 0) is 10.2 Å². The molecule has 3 rings (SSSR count). The normalized spacial score (nSPS) is 20.1. The first-order valence-corrected chi connectivity index (χ1v) is 8.13. The lowest BCUT2D eigenvalue weighted by Gasteiger charge is -2.31. The lowest BCUT2D eigenvalue weighted by Crippen LogP contribution is -2.47. The molecule has 1 aromatic carbocycles. The van der Waals surface area contributed by atoms with Crippen molar-refractivity contribution < 1.29 is 13.2 Å². The summed E-state index contributed by atoms with van der Waals surface area (Å²) in [6, 6.07) is 7.33. The molecule has 0 amide bonds. The maximum Gasteiger partial charge on any atom is 0.302 e. The predicted octanol–water partition coefficient (Wildman–Crippen LogP) is 1.66. The van der Waals surface area contributed by atoms with Crippen molar-refractivity contribution in [2.24, 2.45) is 0 Å². The first-order chi connectivity index (χ1) is 9.17. The van der Waals surface area contributed by atoms with Gasteiger partial charge in [0.25, 0.3) is 0 Å². The zero-order valence-electron chi connectivity index (χ0n) is 10.7. The molecule has 0 saturated heterocycles. The minimum absolute atomic E-state index is 0.0833. The Morgan fingerprint density at radius 2 is 1.95 bits per heavy atom. The van der Waals surface area contributed by atoms with Gasteiger partial charge in [-0.3, -0.25) is 4.31 Å². The maximum absolute atomic E-state index is 12.5. The van der Waals surface area contributed by atoms with Gasteiger partial charge in [0.2, 0.25) is 0 Å². The fraction of sp³-hybridized carbons (Fsp3) is 0.538. The highest BCUT2D eigenvalue weighted by Gasteiger charge is 2.30. The van der Waals surface area contributed by atoms with Gasteiger partial charge in [0, 0.05) is 6.04 Å². The number of fused-ring (bicyclic) bond motifs is 1. The van der Waals surface area contributed by atoms with Crippen molar-refractivity contribution in [1.29, 1.82) is 0 Å². The average molecular weight is 282 g/mol. The summed E-state index contributed by atoms with van der Waals surface area (Å²) in [5, 5.41) is 0. The Labute approximate surface area is 113 Å². The summed E-state index contributed by atoms with van der Waals surface area (Å²) in [4.78, 5) is 0. The van der Waals surface area contributed by atoms with Crippen LogP contribution >= 0.6 is 0 Å². The van der Waals surface area contributed by atoms with Crippen molar-refractivity contribution in [1.82, 2.24) is 4.72 Å². The Hall–Kier alpha value is -1.27. The summed E-state index contributed by atoms with van der Waals surface area (Å²) >= 11 is 0. The van der Waals surface area contributed by atoms with E-state index >= 15 is 0 Å². The molecule has 19 heavy (non-hydrogen) atoms. The van der Waals surface area contributed by atoms with Crippen molar-refractivity contribution in [3.63, 3.8) is 0 Å². The molecule has 6 heteroatoms. The molecule has 0 bridgehead atoms. The second-order valence-corrected chi connectivity index (χ2v) is 6.62. The van der Waals surface area contributed by atoms with Gasteiger partial charge in [-0.1, -0.05) is 25.0 Å². The molecule has 0 radical (unpaired) electrons. The number of hydrogen-bond donors (Lipinski definition) is 1. The zero-order valence-corrected chi connectivity index (χ0v) is 11.5. The molecule has 1 aromatic rings. The molecular formula is C13H18N2O3S. The molecule has 1 fully saturated rings. The fourth-order valence-corrected chi connectivity index (χ4v) is 4.22. The topological polar surface area (TPSA) is 58.6 Å². The first kappa shape index (κ1) is 12.7. The second kappa shape index (κ2) is 5.02. The first-order valence-electron chi connectivity index (χ1n) is 6.69. The highest BCUT2D eigenvalue weighted by molar-refractivity contribution is 7.90. The molecule has 0 unspecified atom stereocenters. The SMILES string of the molecule is O=S(=O)(NC1CCCC1)N1CCOc2ccccc21. The third-order valence-corrected chi connectivity index (χ3v) is 5.24. The Bertz CT molecular complexity index is 553. The number of nitrogens with zero attached hydrogens (tertiary/aromatic N) is 1. The number of hydrogen-bond acceptors (Lipinski definition) is 3. The highest BCUT2D eigenvalue weighted by Crippen LogP contribution is 2.32. The molecule has 1 N–H and O–H groups in total. The van der Waals surface area contributed by atoms with Crippen LogP contribution in [0.3, 0.4) is 0 Å². The summed E-state index contributed by atoms with van der Waals surface area (Å²) in [5.41, 5.74) is 0.624. The molecule has 0 spiro atoms. The number of anilines is 1. The van der Waals surface area contributed by atoms with E-state index in [1.165, 1.54) is 4.31 Å². The Balaban J connectivity index is 1.85. The van der Waals surface area contributed by atoms with E-state index in [2.05, 4.69) is 4.72 Å². The van der Waals surface area contributed by atoms with Crippen LogP contribution in [0.1, 0.15) is 25.7 Å². The van der Waals surface area contributed by atoms with E-state index in [1.54, 1.807) is 12.1 Å². The van der Waals surface area contributed by atoms with Gasteiger partial charge in [0.1, 0.15) is 12.4 Å². The Morgan fingerprint density at radius 3 is 2.74 bits per heavy atom. The van der Waals surface area contributed by atoms with Gasteiger partial charge in [-0.15, -0.1) is 0 Å². The number of benzene rings is 1. The van der Waals surface area contributed by atoms with Crippen LogP contribution in [0, 0.1) is 0 Å². The van der Waals surface area contributed by atoms with Crippen molar-refractivity contribution in [2.45, 2.75) is 31.7 Å². The summed E-state index contributed by atoms with van der Waals surface area (Å²) in [7, 11) is -3.48. The van der Waals surface area contributed by atoms with Crippen LogP contribution < -0.4 is 13.8 Å². The van der Waals surface area contributed by atoms with Crippen molar-refractivity contribution in [3.8, 4) is 5.75 Å². The van der Waals surface area contributed by atoms with Crippen molar-refractivity contribution in [2.75, 3.05) is 17.5 Å². The van der Waals surface area contributed by atoms with E-state index in [0.717, 1.165) is 25.7 Å². The highest BCUT2D eigenvalue weighted by atomic mass is 32.2. The minimum atomic E-state index is -3.48. The molecule has 0 aromatic heterocycles. The van der Waals surface area contributed by atoms with Crippen molar-refractivity contribution in [3.05, 3.63) is 24.3 Å². The third-order valence-electron chi connectivity index (χ3n) is 3.65. The largest absolute Gasteiger partial charge is 0.489 e. The molecule has 5 nitrogen and oxygen atoms in total. The van der Waals surface area contributed by atoms with Crippen LogP contribution in [0.4, 0.5) is 5.69 Å². The molecule has 1 heterocycles. The maximum atomic E-state index is 12.5. The number of ether oxygens (including phenoxy) is 1. The summed E-state index contributed by atoms with van der Waals surface area (Å²) in [6.45, 7) is 0.752. The van der Waals surface area contributed by atoms with Gasteiger partial charge in [0.05, 0.1) is 12.2 Å². The van der Waals surface area contributed by atoms with Crippen LogP contribution in [0.5, 0.6) is 5.75 Å². The van der Waals surface area contributed by atoms with E-state index < -0.39 is 10.2 Å². The molecule has 1 aliphatic carbocycles. The molecule has 1 aliphatic heterocycles. The van der Waals surface area contributed by atoms with Crippen LogP contribution in [0.2, 0.25) is 0 Å². The van der Waals surface area contributed by atoms with Crippen LogP contribution in [0.15, 0.2) is 24.3 Å². The smallest absolute Gasteiger partial charge is 0.302 e. The molecule has 1 saturated carbocycles. The number of para-hydroxylation sites is 2. The molecular weight excluding hydrogens is 264 g/mol. The number of nitrogens with one attached hydrogen (secondary N) is 1. The van der Waals surface area contributed by atoms with E-state index in [-0.39, 0.29) is 6.04 Å². The van der Waals surface area contributed by atoms with E-state index in [0.29, 0.717) is 24.6 Å². The van der Waals surface area contributed by atoms with Crippen LogP contribution in [0.25, 0.3) is 0 Å². The molecule has 2 aliphatic rings. The predicted molar refractivity (Wildman–Crippen MR) is 73.6 cm³/mol. The fourth-order valence-electron chi connectivity index (χ4n) is 2.71. The van der Waals surface area contributed by atoms with E-state index in [9.17, 15) is 8.42 Å². The van der Waals surface area contributed by atoms with Crippen LogP contribution in [-0.4, -0.2) is 27.6 Å². The summed E-state index contributed by atoms with van der Waals surface area (Å²) in [6.07, 6.45) is 4.08. The quantitative estimate of drug-likeness (QED) is 0.917. The monoisotopic (exact) mass is 282 g/mol. The van der Waals surface area contributed by atoms with Gasteiger partial charge < -0.3 is 4.74 Å². The molecule has 104 valence electrons. The lowest BCUT2D eigenvalue weighted by atomic mass is 10.2. The van der Waals surface area contributed by atoms with E-state index in [1.807, 2.05) is 12.1 Å². The van der Waals surface area contributed by atoms with Crippen molar-refractivity contribution >= 4 is 15.9 Å². The second-order valence-electron chi connectivity index (χ2n) is 4.99. The zero-order chi connectivity index (χ0) is 13.3. The lowest BCUT2D eigenvalue weighted by molar-refractivity contribution is 0.315. The standard InChI is InChI=1S/C13H18N2O3S/c16-19(17,14-11-5-1-2-6-11)15-9-10-18-13-8-4-3-7-12(13)15/h3-4,7-8,11,14H,1-2,5-6,9-10H2. The third kappa shape index (κ3) is 2.55. The van der Waals surface area contributed by atoms with Gasteiger partial charge in [0.15, 0.2) is 0 Å². The van der Waals surface area contributed by atoms with Gasteiger partial charge in [-0.05, 0) is 25.0 Å². The Kier molecular flexibility index (Phi) is 3.36.